The third-order valence-electron chi connectivity index (χ3n) is 4.81. The third kappa shape index (κ3) is 3.37. The van der Waals surface area contributed by atoms with Crippen LogP contribution in [-0.4, -0.2) is 6.65 Å². The normalized spacial score (nSPS) is 20.0. The van der Waals surface area contributed by atoms with Crippen molar-refractivity contribution in [2.45, 2.75) is 13.8 Å². The molecule has 2 aromatic rings. The van der Waals surface area contributed by atoms with E-state index in [1.165, 1.54) is 11.1 Å². The summed E-state index contributed by atoms with van der Waals surface area (Å²) < 4.78 is 1.61. The van der Waals surface area contributed by atoms with Crippen molar-refractivity contribution in [1.29, 1.82) is 0 Å². The van der Waals surface area contributed by atoms with Gasteiger partial charge in [0.15, 0.2) is 0 Å². The second-order valence-corrected chi connectivity index (χ2v) is 22.5. The largest absolute Gasteiger partial charge is 1.00 e. The van der Waals surface area contributed by atoms with Crippen LogP contribution in [0.3, 0.4) is 0 Å². The fourth-order valence-corrected chi connectivity index (χ4v) is 21.3. The van der Waals surface area contributed by atoms with Gasteiger partial charge in [-0.05, 0) is 0 Å². The Balaban J connectivity index is 0.000000960. The molecule has 0 radical (unpaired) electrons. The quantitative estimate of drug-likeness (QED) is 0.502. The van der Waals surface area contributed by atoms with E-state index >= 15 is 0 Å². The predicted octanol–water partition coefficient (Wildman–Crippen LogP) is -1.72. The van der Waals surface area contributed by atoms with E-state index < -0.39 is 20.9 Å². The Hall–Kier alpha value is -0.400. The van der Waals surface area contributed by atoms with Gasteiger partial charge in [0.1, 0.15) is 0 Å². The molecule has 0 heterocycles. The Morgan fingerprint density at radius 1 is 0.739 bits per heavy atom. The minimum Gasteiger partial charge on any atom is -1.00 e. The van der Waals surface area contributed by atoms with Crippen LogP contribution in [-0.2, 0) is 20.9 Å². The van der Waals surface area contributed by atoms with Crippen molar-refractivity contribution in [1.82, 2.24) is 0 Å². The van der Waals surface area contributed by atoms with E-state index in [1.54, 1.807) is 11.1 Å². The summed E-state index contributed by atoms with van der Waals surface area (Å²) in [5.74, 6) is 0. The molecule has 0 saturated carbocycles. The van der Waals surface area contributed by atoms with Crippen molar-refractivity contribution in [3.8, 4) is 0 Å². The summed E-state index contributed by atoms with van der Waals surface area (Å²) >= 11 is -1.50. The van der Waals surface area contributed by atoms with Crippen molar-refractivity contribution < 1.29 is 45.7 Å². The van der Waals surface area contributed by atoms with Crippen molar-refractivity contribution in [3.63, 3.8) is 0 Å². The number of halogens is 2. The first kappa shape index (κ1) is 18.9. The number of fused-ring (bicyclic) bond motifs is 2. The van der Waals surface area contributed by atoms with Crippen molar-refractivity contribution >= 4 is 18.8 Å². The third-order valence-corrected chi connectivity index (χ3v) is 23.3. The summed E-state index contributed by atoms with van der Waals surface area (Å²) in [7, 11) is 0. The molecule has 0 fully saturated rings. The van der Waals surface area contributed by atoms with Gasteiger partial charge in [-0.25, -0.2) is 0 Å². The first-order chi connectivity index (χ1) is 10.4. The standard InChI is InChI=1S/2C9H7.CH5Si.2ClH.Zr/c2*1-2-5-9-7-3-6-8(9)4-1;1-2;;;/h2*1-7H;2H2,1H3;2*1H;/q;;;;;+2/p-2. The maximum atomic E-state index is 2.55. The van der Waals surface area contributed by atoms with Crippen LogP contribution in [0.2, 0.25) is 6.55 Å². The molecule has 117 valence electrons. The first-order valence-electron chi connectivity index (χ1n) is 7.78. The molecule has 4 rings (SSSR count). The van der Waals surface area contributed by atoms with Crippen LogP contribution in [0.25, 0.3) is 12.2 Å². The van der Waals surface area contributed by atoms with Gasteiger partial charge in [0.2, 0.25) is 0 Å². The predicted molar refractivity (Wildman–Crippen MR) is 90.8 cm³/mol. The van der Waals surface area contributed by atoms with E-state index in [1.807, 2.05) is 0 Å². The number of hydrogen-bond acceptors (Lipinski definition) is 0. The summed E-state index contributed by atoms with van der Waals surface area (Å²) in [5, 5.41) is 0. The van der Waals surface area contributed by atoms with Crippen LogP contribution in [0.4, 0.5) is 0 Å². The molecular weight excluding hydrogens is 418 g/mol. The van der Waals surface area contributed by atoms with Crippen LogP contribution in [0, 0.1) is 0 Å². The monoisotopic (exact) mass is 435 g/mol. The molecule has 0 nitrogen and oxygen atoms in total. The average molecular weight is 438 g/mol. The Labute approximate surface area is 160 Å². The van der Waals surface area contributed by atoms with Crippen LogP contribution < -0.4 is 24.8 Å². The summed E-state index contributed by atoms with van der Waals surface area (Å²) in [6.07, 6.45) is 9.81. The van der Waals surface area contributed by atoms with E-state index in [0.717, 1.165) is 7.25 Å². The molecule has 4 heteroatoms. The second-order valence-electron chi connectivity index (χ2n) is 5.86. The molecule has 0 bridgehead atoms. The van der Waals surface area contributed by atoms with Crippen molar-refractivity contribution in [3.05, 3.63) is 82.9 Å². The summed E-state index contributed by atoms with van der Waals surface area (Å²) in [4.78, 5) is 0. The maximum absolute atomic E-state index is 2.55. The van der Waals surface area contributed by atoms with E-state index in [9.17, 15) is 0 Å². The molecule has 0 aromatic heterocycles. The van der Waals surface area contributed by atoms with Crippen LogP contribution >= 0.6 is 0 Å². The maximum Gasteiger partial charge on any atom is -1.00 e. The fourth-order valence-electron chi connectivity index (χ4n) is 3.78. The van der Waals surface area contributed by atoms with Gasteiger partial charge in [0.05, 0.1) is 0 Å². The van der Waals surface area contributed by atoms with Crippen LogP contribution in [0.15, 0.2) is 60.7 Å². The molecule has 2 aliphatic rings. The molecule has 2 aromatic carbocycles. The molecule has 2 aliphatic carbocycles. The van der Waals surface area contributed by atoms with Crippen LogP contribution in [0.5, 0.6) is 0 Å². The Kier molecular flexibility index (Phi) is 6.68. The molecular formula is C19H19Cl2SiZr. The van der Waals surface area contributed by atoms with Gasteiger partial charge in [0, 0.05) is 0 Å². The fraction of sp³-hybridized carbons (Fsp3) is 0.158. The number of hydrogen-bond donors (Lipinski definition) is 0. The van der Waals surface area contributed by atoms with Gasteiger partial charge in [-0.3, -0.25) is 0 Å². The summed E-state index contributed by atoms with van der Waals surface area (Å²) in [6, 6.07) is 18.1. The number of benzene rings is 2. The average Bonchev–Trinajstić information content (AvgIpc) is 3.14. The van der Waals surface area contributed by atoms with Gasteiger partial charge >= 0.3 is 136 Å². The minimum absolute atomic E-state index is 0. The minimum atomic E-state index is -1.50. The molecule has 23 heavy (non-hydrogen) atoms. The Bertz CT molecular complexity index is 680. The summed E-state index contributed by atoms with van der Waals surface area (Å²) in [5.41, 5.74) is 6.19. The van der Waals surface area contributed by atoms with Crippen molar-refractivity contribution in [2.24, 2.45) is 0 Å². The van der Waals surface area contributed by atoms with E-state index in [-0.39, 0.29) is 31.5 Å². The zero-order valence-electron chi connectivity index (χ0n) is 13.0. The SMILES string of the molecule is C[SiH2][Zr+2]([CH]1C=Cc2ccccc21)[CH]1C=Cc2ccccc21.[Cl-].[Cl-]. The molecule has 0 aliphatic heterocycles. The molecule has 2 atom stereocenters. The Morgan fingerprint density at radius 3 is 1.61 bits per heavy atom. The van der Waals surface area contributed by atoms with Gasteiger partial charge in [-0.1, -0.05) is 0 Å². The van der Waals surface area contributed by atoms with Crippen molar-refractivity contribution in [2.75, 3.05) is 0 Å². The zero-order chi connectivity index (χ0) is 14.2. The molecule has 0 saturated heterocycles. The van der Waals surface area contributed by atoms with Gasteiger partial charge in [0.25, 0.3) is 0 Å². The van der Waals surface area contributed by atoms with E-state index in [2.05, 4.69) is 79.4 Å². The van der Waals surface area contributed by atoms with E-state index in [0.29, 0.717) is 0 Å². The van der Waals surface area contributed by atoms with Gasteiger partial charge < -0.3 is 24.8 Å². The summed E-state index contributed by atoms with van der Waals surface area (Å²) in [6.45, 7) is 2.64. The second kappa shape index (κ2) is 8.12. The molecule has 0 N–H and O–H groups in total. The topological polar surface area (TPSA) is 0 Å². The first-order valence-corrected chi connectivity index (χ1v) is 18.0. The van der Waals surface area contributed by atoms with Gasteiger partial charge in [-0.2, -0.15) is 0 Å². The molecule has 0 amide bonds. The smallest absolute Gasteiger partial charge is 1.00 e. The van der Waals surface area contributed by atoms with Gasteiger partial charge in [-0.15, -0.1) is 0 Å². The van der Waals surface area contributed by atoms with E-state index in [4.69, 9.17) is 0 Å². The number of rotatable bonds is 3. The Morgan fingerprint density at radius 2 is 1.17 bits per heavy atom. The number of allylic oxidation sites excluding steroid dienone is 2. The zero-order valence-corrected chi connectivity index (χ0v) is 18.4. The molecule has 0 spiro atoms. The molecule has 2 unspecified atom stereocenters. The van der Waals surface area contributed by atoms with Crippen LogP contribution in [0.1, 0.15) is 29.5 Å².